The first-order valence-corrected chi connectivity index (χ1v) is 5.36. The van der Waals surface area contributed by atoms with E-state index in [9.17, 15) is 14.9 Å². The fourth-order valence-corrected chi connectivity index (χ4v) is 1.89. The molecule has 0 unspecified atom stereocenters. The van der Waals surface area contributed by atoms with E-state index >= 15 is 0 Å². The number of hydrogen-bond acceptors (Lipinski definition) is 5. The van der Waals surface area contributed by atoms with Gasteiger partial charge in [0.1, 0.15) is 10.9 Å². The SMILES string of the molecule is O=C(NCc1nccs1)[C@H]1C[C@@H]1[N+](=O)[O-]. The second-order valence-electron chi connectivity index (χ2n) is 3.34. The van der Waals surface area contributed by atoms with Gasteiger partial charge in [-0.05, 0) is 0 Å². The van der Waals surface area contributed by atoms with Gasteiger partial charge < -0.3 is 5.32 Å². The van der Waals surface area contributed by atoms with Crippen LogP contribution >= 0.6 is 11.3 Å². The van der Waals surface area contributed by atoms with Crippen LogP contribution in [0.5, 0.6) is 0 Å². The first-order chi connectivity index (χ1) is 7.18. The topological polar surface area (TPSA) is 85.1 Å². The minimum Gasteiger partial charge on any atom is -0.349 e. The number of carbonyl (C=O) groups excluding carboxylic acids is 1. The Labute approximate surface area is 89.5 Å². The second-order valence-corrected chi connectivity index (χ2v) is 4.32. The van der Waals surface area contributed by atoms with E-state index in [0.29, 0.717) is 13.0 Å². The summed E-state index contributed by atoms with van der Waals surface area (Å²) in [6.45, 7) is 0.359. The number of carbonyl (C=O) groups is 1. The zero-order chi connectivity index (χ0) is 10.8. The Bertz CT molecular complexity index is 378. The van der Waals surface area contributed by atoms with E-state index in [0.717, 1.165) is 5.01 Å². The second kappa shape index (κ2) is 3.93. The lowest BCUT2D eigenvalue weighted by Crippen LogP contribution is -2.26. The van der Waals surface area contributed by atoms with E-state index in [2.05, 4.69) is 10.3 Å². The van der Waals surface area contributed by atoms with Crippen LogP contribution < -0.4 is 5.32 Å². The van der Waals surface area contributed by atoms with Crippen molar-refractivity contribution in [3.63, 3.8) is 0 Å². The van der Waals surface area contributed by atoms with Gasteiger partial charge in [0.25, 0.3) is 0 Å². The predicted octanol–water partition coefficient (Wildman–Crippen LogP) is 0.424. The Morgan fingerprint density at radius 3 is 3.13 bits per heavy atom. The molecule has 2 rings (SSSR count). The van der Waals surface area contributed by atoms with Crippen molar-refractivity contribution in [3.8, 4) is 0 Å². The van der Waals surface area contributed by atoms with Crippen molar-refractivity contribution in [3.05, 3.63) is 26.7 Å². The van der Waals surface area contributed by atoms with Crippen LogP contribution in [0.25, 0.3) is 0 Å². The summed E-state index contributed by atoms with van der Waals surface area (Å²) in [6, 6.07) is -0.679. The zero-order valence-corrected chi connectivity index (χ0v) is 8.57. The molecule has 1 amide bonds. The molecule has 80 valence electrons. The van der Waals surface area contributed by atoms with Gasteiger partial charge in [0.2, 0.25) is 11.9 Å². The van der Waals surface area contributed by atoms with Crippen LogP contribution in [-0.2, 0) is 11.3 Å². The quantitative estimate of drug-likeness (QED) is 0.597. The maximum absolute atomic E-state index is 11.4. The van der Waals surface area contributed by atoms with Crippen LogP contribution in [0.1, 0.15) is 11.4 Å². The third kappa shape index (κ3) is 2.30. The van der Waals surface area contributed by atoms with Crippen molar-refractivity contribution in [2.75, 3.05) is 0 Å². The molecular weight excluding hydrogens is 218 g/mol. The number of hydrogen-bond donors (Lipinski definition) is 1. The minimum absolute atomic E-state index is 0.244. The molecule has 1 fully saturated rings. The summed E-state index contributed by atoms with van der Waals surface area (Å²) in [5.74, 6) is -0.688. The molecule has 1 aliphatic rings. The molecule has 0 aliphatic heterocycles. The normalized spacial score (nSPS) is 23.5. The lowest BCUT2D eigenvalue weighted by Gasteiger charge is -1.99. The van der Waals surface area contributed by atoms with E-state index in [1.165, 1.54) is 11.3 Å². The summed E-state index contributed by atoms with van der Waals surface area (Å²) in [6.07, 6.45) is 2.01. The van der Waals surface area contributed by atoms with Crippen LogP contribution in [0.3, 0.4) is 0 Å². The highest BCUT2D eigenvalue weighted by molar-refractivity contribution is 7.09. The summed E-state index contributed by atoms with van der Waals surface area (Å²) < 4.78 is 0. The summed E-state index contributed by atoms with van der Waals surface area (Å²) in [4.78, 5) is 25.3. The van der Waals surface area contributed by atoms with Crippen LogP contribution in [0.15, 0.2) is 11.6 Å². The molecule has 1 aliphatic carbocycles. The van der Waals surface area contributed by atoms with E-state index < -0.39 is 16.9 Å². The predicted molar refractivity (Wildman–Crippen MR) is 52.9 cm³/mol. The number of nitrogens with one attached hydrogen (secondary N) is 1. The van der Waals surface area contributed by atoms with Crippen molar-refractivity contribution < 1.29 is 9.72 Å². The number of amides is 1. The molecule has 7 heteroatoms. The molecule has 0 radical (unpaired) electrons. The molecule has 1 saturated carbocycles. The molecule has 0 spiro atoms. The average molecular weight is 227 g/mol. The first kappa shape index (κ1) is 10.0. The highest BCUT2D eigenvalue weighted by Gasteiger charge is 2.53. The third-order valence-corrected chi connectivity index (χ3v) is 3.04. The number of aromatic nitrogens is 1. The zero-order valence-electron chi connectivity index (χ0n) is 7.75. The van der Waals surface area contributed by atoms with Crippen molar-refractivity contribution in [2.45, 2.75) is 19.0 Å². The lowest BCUT2D eigenvalue weighted by molar-refractivity contribution is -0.497. The Kier molecular flexibility index (Phi) is 2.63. The molecule has 15 heavy (non-hydrogen) atoms. The van der Waals surface area contributed by atoms with Crippen molar-refractivity contribution in [1.82, 2.24) is 10.3 Å². The number of nitro groups is 1. The first-order valence-electron chi connectivity index (χ1n) is 4.48. The van der Waals surface area contributed by atoms with Gasteiger partial charge in [0.05, 0.1) is 6.54 Å². The maximum atomic E-state index is 11.4. The fraction of sp³-hybridized carbons (Fsp3) is 0.500. The van der Waals surface area contributed by atoms with Crippen LogP contribution in [0, 0.1) is 16.0 Å². The third-order valence-electron chi connectivity index (χ3n) is 2.26. The number of thiazole rings is 1. The van der Waals surface area contributed by atoms with Crippen molar-refractivity contribution in [2.24, 2.45) is 5.92 Å². The van der Waals surface area contributed by atoms with Gasteiger partial charge in [0.15, 0.2) is 0 Å². The Morgan fingerprint density at radius 2 is 2.60 bits per heavy atom. The molecule has 1 aromatic heterocycles. The number of rotatable bonds is 4. The van der Waals surface area contributed by atoms with Crippen LogP contribution in [0.4, 0.5) is 0 Å². The van der Waals surface area contributed by atoms with Gasteiger partial charge in [0, 0.05) is 22.9 Å². The maximum Gasteiger partial charge on any atom is 0.230 e. The molecule has 6 nitrogen and oxygen atoms in total. The molecular formula is C8H9N3O3S. The van der Waals surface area contributed by atoms with Crippen molar-refractivity contribution >= 4 is 17.2 Å². The van der Waals surface area contributed by atoms with Gasteiger partial charge in [-0.3, -0.25) is 14.9 Å². The summed E-state index contributed by atoms with van der Waals surface area (Å²) in [7, 11) is 0. The molecule has 0 bridgehead atoms. The van der Waals surface area contributed by atoms with Gasteiger partial charge in [-0.1, -0.05) is 0 Å². The standard InChI is InChI=1S/C8H9N3O3S/c12-8(5-3-6(5)11(13)14)10-4-7-9-1-2-15-7/h1-2,5-6H,3-4H2,(H,10,12)/t5-,6-/m0/s1. The van der Waals surface area contributed by atoms with Gasteiger partial charge in [-0.15, -0.1) is 11.3 Å². The summed E-state index contributed by atoms with van der Waals surface area (Å²) >= 11 is 1.44. The molecule has 1 aromatic rings. The highest BCUT2D eigenvalue weighted by Crippen LogP contribution is 2.33. The van der Waals surface area contributed by atoms with E-state index in [-0.39, 0.29) is 5.91 Å². The van der Waals surface area contributed by atoms with E-state index in [4.69, 9.17) is 0 Å². The highest BCUT2D eigenvalue weighted by atomic mass is 32.1. The van der Waals surface area contributed by atoms with Crippen LogP contribution in [0.2, 0.25) is 0 Å². The molecule has 0 aromatic carbocycles. The Hall–Kier alpha value is -1.50. The molecule has 1 N–H and O–H groups in total. The molecule has 1 heterocycles. The summed E-state index contributed by atoms with van der Waals surface area (Å²) in [5, 5.41) is 15.6. The minimum atomic E-state index is -0.679. The lowest BCUT2D eigenvalue weighted by atomic mass is 10.4. The van der Waals surface area contributed by atoms with Gasteiger partial charge >= 0.3 is 0 Å². The van der Waals surface area contributed by atoms with Gasteiger partial charge in [-0.2, -0.15) is 0 Å². The molecule has 2 atom stereocenters. The number of nitrogens with zero attached hydrogens (tertiary/aromatic N) is 2. The van der Waals surface area contributed by atoms with Gasteiger partial charge in [-0.25, -0.2) is 4.98 Å². The Balaban J connectivity index is 1.77. The summed E-state index contributed by atoms with van der Waals surface area (Å²) in [5.41, 5.74) is 0. The fourth-order valence-electron chi connectivity index (χ4n) is 1.33. The average Bonchev–Trinajstić information content (AvgIpc) is 2.85. The monoisotopic (exact) mass is 227 g/mol. The Morgan fingerprint density at radius 1 is 1.80 bits per heavy atom. The smallest absolute Gasteiger partial charge is 0.230 e. The largest absolute Gasteiger partial charge is 0.349 e. The van der Waals surface area contributed by atoms with E-state index in [1.54, 1.807) is 6.20 Å². The van der Waals surface area contributed by atoms with Crippen molar-refractivity contribution in [1.29, 1.82) is 0 Å². The van der Waals surface area contributed by atoms with E-state index in [1.807, 2.05) is 5.38 Å². The molecule has 0 saturated heterocycles. The van der Waals surface area contributed by atoms with Crippen LogP contribution in [-0.4, -0.2) is 21.9 Å².